The van der Waals surface area contributed by atoms with Crippen molar-refractivity contribution in [2.75, 3.05) is 0 Å². The number of hydrogen-bond donors (Lipinski definition) is 0. The topological polar surface area (TPSA) is 64.8 Å². The maximum absolute atomic E-state index is 12.2. The Morgan fingerprint density at radius 2 is 1.84 bits per heavy atom. The van der Waals surface area contributed by atoms with Gasteiger partial charge in [-0.15, -0.1) is 10.2 Å². The number of aryl methyl sites for hydroxylation is 1. The van der Waals surface area contributed by atoms with E-state index in [-0.39, 0.29) is 10.9 Å². The van der Waals surface area contributed by atoms with Crippen LogP contribution in [-0.4, -0.2) is 23.2 Å². The lowest BCUT2D eigenvalue weighted by Gasteiger charge is -2.07. The highest BCUT2D eigenvalue weighted by Gasteiger charge is 2.20. The summed E-state index contributed by atoms with van der Waals surface area (Å²) in [5.74, 6) is 0.377. The molecular formula is C13H17N3O2S. The fraction of sp³-hybridized carbons (Fsp3) is 0.385. The van der Waals surface area contributed by atoms with Crippen LogP contribution >= 0.6 is 0 Å². The third kappa shape index (κ3) is 3.01. The molecule has 6 heteroatoms. The van der Waals surface area contributed by atoms with E-state index in [1.54, 1.807) is 7.05 Å². The molecule has 102 valence electrons. The molecule has 0 amide bonds. The van der Waals surface area contributed by atoms with Crippen LogP contribution in [0.1, 0.15) is 30.9 Å². The van der Waals surface area contributed by atoms with Gasteiger partial charge in [-0.1, -0.05) is 38.1 Å². The molecule has 0 aliphatic heterocycles. The molecule has 1 heterocycles. The first kappa shape index (κ1) is 13.7. The Bertz CT molecular complexity index is 657. The maximum Gasteiger partial charge on any atom is 0.249 e. The minimum atomic E-state index is -3.44. The molecule has 1 aromatic heterocycles. The average Bonchev–Trinajstić information content (AvgIpc) is 2.76. The predicted molar refractivity (Wildman–Crippen MR) is 72.4 cm³/mol. The summed E-state index contributed by atoms with van der Waals surface area (Å²) in [4.78, 5) is 0. The van der Waals surface area contributed by atoms with E-state index >= 15 is 0 Å². The van der Waals surface area contributed by atoms with Crippen molar-refractivity contribution in [2.45, 2.75) is 30.7 Å². The molecule has 0 saturated heterocycles. The van der Waals surface area contributed by atoms with Crippen molar-refractivity contribution >= 4 is 9.84 Å². The SMILES string of the molecule is CC(C)c1ccc(CS(=O)(=O)c2nncn2C)cc1. The molecule has 0 unspecified atom stereocenters. The van der Waals surface area contributed by atoms with E-state index in [2.05, 4.69) is 24.0 Å². The van der Waals surface area contributed by atoms with Crippen LogP contribution < -0.4 is 0 Å². The van der Waals surface area contributed by atoms with Crippen molar-refractivity contribution in [3.8, 4) is 0 Å². The van der Waals surface area contributed by atoms with E-state index in [4.69, 9.17) is 0 Å². The predicted octanol–water partition coefficient (Wildman–Crippen LogP) is 1.91. The van der Waals surface area contributed by atoms with Gasteiger partial charge in [0.1, 0.15) is 6.33 Å². The second-order valence-corrected chi connectivity index (χ2v) is 6.76. The zero-order valence-electron chi connectivity index (χ0n) is 11.2. The lowest BCUT2D eigenvalue weighted by Crippen LogP contribution is -2.10. The highest BCUT2D eigenvalue weighted by Crippen LogP contribution is 2.18. The zero-order valence-corrected chi connectivity index (χ0v) is 12.1. The number of rotatable bonds is 4. The molecule has 1 aromatic carbocycles. The summed E-state index contributed by atoms with van der Waals surface area (Å²) in [6, 6.07) is 7.63. The minimum Gasteiger partial charge on any atom is -0.308 e. The summed E-state index contributed by atoms with van der Waals surface area (Å²) in [7, 11) is -1.82. The van der Waals surface area contributed by atoms with Crippen molar-refractivity contribution in [2.24, 2.45) is 7.05 Å². The van der Waals surface area contributed by atoms with E-state index in [1.807, 2.05) is 24.3 Å². The Morgan fingerprint density at radius 1 is 1.21 bits per heavy atom. The van der Waals surface area contributed by atoms with Crippen molar-refractivity contribution in [3.63, 3.8) is 0 Å². The fourth-order valence-electron chi connectivity index (χ4n) is 1.84. The first-order chi connectivity index (χ1) is 8.90. The van der Waals surface area contributed by atoms with Gasteiger partial charge in [0.05, 0.1) is 5.75 Å². The summed E-state index contributed by atoms with van der Waals surface area (Å²) >= 11 is 0. The molecule has 0 aliphatic rings. The first-order valence-electron chi connectivity index (χ1n) is 6.06. The first-order valence-corrected chi connectivity index (χ1v) is 7.71. The van der Waals surface area contributed by atoms with Crippen LogP contribution in [0.25, 0.3) is 0 Å². The van der Waals surface area contributed by atoms with E-state index in [1.165, 1.54) is 16.5 Å². The molecular weight excluding hydrogens is 262 g/mol. The summed E-state index contributed by atoms with van der Waals surface area (Å²) < 4.78 is 25.8. The quantitative estimate of drug-likeness (QED) is 0.857. The van der Waals surface area contributed by atoms with E-state index in [9.17, 15) is 8.42 Å². The van der Waals surface area contributed by atoms with E-state index in [0.29, 0.717) is 5.92 Å². The average molecular weight is 279 g/mol. The summed E-state index contributed by atoms with van der Waals surface area (Å²) in [6.07, 6.45) is 1.38. The molecule has 2 aromatic rings. The van der Waals surface area contributed by atoms with E-state index < -0.39 is 9.84 Å². The lowest BCUT2D eigenvalue weighted by molar-refractivity contribution is 0.577. The van der Waals surface area contributed by atoms with Gasteiger partial charge in [0.2, 0.25) is 15.0 Å². The van der Waals surface area contributed by atoms with Crippen LogP contribution in [0.15, 0.2) is 35.7 Å². The second kappa shape index (κ2) is 5.13. The number of aromatic nitrogens is 3. The largest absolute Gasteiger partial charge is 0.308 e. The normalized spacial score (nSPS) is 12.0. The Labute approximate surface area is 113 Å². The van der Waals surface area contributed by atoms with Gasteiger partial charge in [0.15, 0.2) is 0 Å². The van der Waals surface area contributed by atoms with Gasteiger partial charge >= 0.3 is 0 Å². The van der Waals surface area contributed by atoms with Crippen LogP contribution in [-0.2, 0) is 22.6 Å². The molecule has 0 bridgehead atoms. The standard InChI is InChI=1S/C13H17N3O2S/c1-10(2)12-6-4-11(5-7-12)8-19(17,18)13-15-14-9-16(13)3/h4-7,9-10H,8H2,1-3H3. The molecule has 0 aliphatic carbocycles. The van der Waals surface area contributed by atoms with Gasteiger partial charge in [-0.25, -0.2) is 8.42 Å². The van der Waals surface area contributed by atoms with Crippen LogP contribution in [0.4, 0.5) is 0 Å². The van der Waals surface area contributed by atoms with Gasteiger partial charge in [0.25, 0.3) is 0 Å². The molecule has 0 atom stereocenters. The van der Waals surface area contributed by atoms with Crippen LogP contribution in [0, 0.1) is 0 Å². The zero-order chi connectivity index (χ0) is 14.0. The third-order valence-corrected chi connectivity index (χ3v) is 4.59. The van der Waals surface area contributed by atoms with Crippen molar-refractivity contribution < 1.29 is 8.42 Å². The monoisotopic (exact) mass is 279 g/mol. The molecule has 0 spiro atoms. The Balaban J connectivity index is 2.24. The van der Waals surface area contributed by atoms with Crippen molar-refractivity contribution in [1.82, 2.24) is 14.8 Å². The summed E-state index contributed by atoms with van der Waals surface area (Å²) in [6.45, 7) is 4.20. The maximum atomic E-state index is 12.2. The van der Waals surface area contributed by atoms with Crippen LogP contribution in [0.2, 0.25) is 0 Å². The molecule has 0 N–H and O–H groups in total. The van der Waals surface area contributed by atoms with E-state index in [0.717, 1.165) is 5.56 Å². The Hall–Kier alpha value is -1.69. The van der Waals surface area contributed by atoms with Gasteiger partial charge in [-0.2, -0.15) is 0 Å². The fourth-order valence-corrected chi connectivity index (χ4v) is 3.25. The van der Waals surface area contributed by atoms with Crippen LogP contribution in [0.3, 0.4) is 0 Å². The van der Waals surface area contributed by atoms with Crippen molar-refractivity contribution in [3.05, 3.63) is 41.7 Å². The molecule has 0 radical (unpaired) electrons. The molecule has 0 fully saturated rings. The van der Waals surface area contributed by atoms with Gasteiger partial charge in [-0.3, -0.25) is 0 Å². The molecule has 0 saturated carbocycles. The molecule has 19 heavy (non-hydrogen) atoms. The molecule has 2 rings (SSSR count). The lowest BCUT2D eigenvalue weighted by atomic mass is 10.0. The second-order valence-electron chi connectivity index (χ2n) is 4.88. The van der Waals surface area contributed by atoms with Crippen LogP contribution in [0.5, 0.6) is 0 Å². The third-order valence-electron chi connectivity index (χ3n) is 2.95. The van der Waals surface area contributed by atoms with Gasteiger partial charge in [0, 0.05) is 7.05 Å². The molecule has 5 nitrogen and oxygen atoms in total. The summed E-state index contributed by atoms with van der Waals surface area (Å²) in [5, 5.41) is 7.26. The number of nitrogens with zero attached hydrogens (tertiary/aromatic N) is 3. The summed E-state index contributed by atoms with van der Waals surface area (Å²) in [5.41, 5.74) is 1.95. The van der Waals surface area contributed by atoms with Gasteiger partial charge in [-0.05, 0) is 17.0 Å². The van der Waals surface area contributed by atoms with Gasteiger partial charge < -0.3 is 4.57 Å². The Kier molecular flexibility index (Phi) is 3.71. The number of sulfone groups is 1. The minimum absolute atomic E-state index is 0.000404. The highest BCUT2D eigenvalue weighted by atomic mass is 32.2. The highest BCUT2D eigenvalue weighted by molar-refractivity contribution is 7.90. The number of hydrogen-bond acceptors (Lipinski definition) is 4. The smallest absolute Gasteiger partial charge is 0.249 e. The van der Waals surface area contributed by atoms with Crippen molar-refractivity contribution in [1.29, 1.82) is 0 Å². The number of benzene rings is 1. The Morgan fingerprint density at radius 3 is 2.32 bits per heavy atom.